The van der Waals surface area contributed by atoms with Crippen molar-refractivity contribution in [3.63, 3.8) is 0 Å². The summed E-state index contributed by atoms with van der Waals surface area (Å²) < 4.78 is 0. The Morgan fingerprint density at radius 2 is 1.73 bits per heavy atom. The first-order valence-electron chi connectivity index (χ1n) is 7.42. The summed E-state index contributed by atoms with van der Waals surface area (Å²) >= 11 is 0. The molecule has 0 atom stereocenters. The first-order valence-corrected chi connectivity index (χ1v) is 7.42. The molecule has 0 unspecified atom stereocenters. The number of nitro groups is 1. The van der Waals surface area contributed by atoms with Gasteiger partial charge in [0.1, 0.15) is 0 Å². The molecule has 2 rings (SSSR count). The van der Waals surface area contributed by atoms with Crippen LogP contribution in [0.15, 0.2) is 42.5 Å². The Kier molecular flexibility index (Phi) is 5.36. The van der Waals surface area contributed by atoms with Crippen LogP contribution in [-0.4, -0.2) is 11.5 Å². The molecule has 0 aliphatic carbocycles. The van der Waals surface area contributed by atoms with Gasteiger partial charge in [-0.15, -0.1) is 0 Å². The van der Waals surface area contributed by atoms with Crippen molar-refractivity contribution >= 4 is 17.1 Å². The predicted octanol–water partition coefficient (Wildman–Crippen LogP) is 4.34. The minimum atomic E-state index is -0.360. The third-order valence-corrected chi connectivity index (χ3v) is 3.42. The Hall–Kier alpha value is -2.56. The molecule has 0 bridgehead atoms. The molecule has 2 aromatic rings. The highest BCUT2D eigenvalue weighted by Gasteiger charge is 2.09. The van der Waals surface area contributed by atoms with E-state index in [1.54, 1.807) is 19.1 Å². The van der Waals surface area contributed by atoms with E-state index in [4.69, 9.17) is 0 Å². The van der Waals surface area contributed by atoms with Crippen LogP contribution in [0.25, 0.3) is 0 Å². The summed E-state index contributed by atoms with van der Waals surface area (Å²) in [6.07, 6.45) is 1.10. The average Bonchev–Trinajstić information content (AvgIpc) is 2.51. The highest BCUT2D eigenvalue weighted by molar-refractivity contribution is 5.54. The monoisotopic (exact) mass is 299 g/mol. The highest BCUT2D eigenvalue weighted by Crippen LogP contribution is 2.22. The number of nitrogens with one attached hydrogen (secondary N) is 2. The quantitative estimate of drug-likeness (QED) is 0.589. The van der Waals surface area contributed by atoms with E-state index < -0.39 is 0 Å². The fourth-order valence-corrected chi connectivity index (χ4v) is 2.18. The van der Waals surface area contributed by atoms with Crippen LogP contribution in [0.5, 0.6) is 0 Å². The summed E-state index contributed by atoms with van der Waals surface area (Å²) in [5.74, 6) is 0. The SMILES string of the molecule is CCCNc1ccc(CNc2ccc([N+](=O)[O-])c(C)c2)cc1. The van der Waals surface area contributed by atoms with E-state index in [9.17, 15) is 10.1 Å². The second kappa shape index (κ2) is 7.45. The van der Waals surface area contributed by atoms with Gasteiger partial charge in [0, 0.05) is 36.1 Å². The van der Waals surface area contributed by atoms with E-state index in [-0.39, 0.29) is 10.6 Å². The van der Waals surface area contributed by atoms with Gasteiger partial charge in [0.2, 0.25) is 0 Å². The maximum absolute atomic E-state index is 10.8. The van der Waals surface area contributed by atoms with Gasteiger partial charge in [-0.25, -0.2) is 0 Å². The molecule has 2 aromatic carbocycles. The van der Waals surface area contributed by atoms with Crippen LogP contribution < -0.4 is 10.6 Å². The van der Waals surface area contributed by atoms with Gasteiger partial charge in [0.15, 0.2) is 0 Å². The van der Waals surface area contributed by atoms with E-state index >= 15 is 0 Å². The van der Waals surface area contributed by atoms with Crippen molar-refractivity contribution in [2.24, 2.45) is 0 Å². The van der Waals surface area contributed by atoms with Gasteiger partial charge in [-0.2, -0.15) is 0 Å². The van der Waals surface area contributed by atoms with Gasteiger partial charge in [-0.3, -0.25) is 10.1 Å². The zero-order valence-electron chi connectivity index (χ0n) is 12.9. The van der Waals surface area contributed by atoms with E-state index in [1.165, 1.54) is 6.07 Å². The van der Waals surface area contributed by atoms with Gasteiger partial charge in [-0.05, 0) is 43.2 Å². The topological polar surface area (TPSA) is 67.2 Å². The van der Waals surface area contributed by atoms with Crippen molar-refractivity contribution in [3.05, 3.63) is 63.7 Å². The largest absolute Gasteiger partial charge is 0.385 e. The van der Waals surface area contributed by atoms with Crippen molar-refractivity contribution in [2.75, 3.05) is 17.2 Å². The summed E-state index contributed by atoms with van der Waals surface area (Å²) in [4.78, 5) is 10.4. The van der Waals surface area contributed by atoms with Crippen molar-refractivity contribution in [1.82, 2.24) is 0 Å². The van der Waals surface area contributed by atoms with Crippen LogP contribution in [0.1, 0.15) is 24.5 Å². The summed E-state index contributed by atoms with van der Waals surface area (Å²) in [5, 5.41) is 17.4. The molecule has 5 heteroatoms. The number of benzene rings is 2. The lowest BCUT2D eigenvalue weighted by molar-refractivity contribution is -0.385. The van der Waals surface area contributed by atoms with Crippen molar-refractivity contribution in [1.29, 1.82) is 0 Å². The van der Waals surface area contributed by atoms with E-state index in [0.717, 1.165) is 29.9 Å². The van der Waals surface area contributed by atoms with E-state index in [0.29, 0.717) is 12.1 Å². The second-order valence-electron chi connectivity index (χ2n) is 5.24. The number of hydrogen-bond donors (Lipinski definition) is 2. The normalized spacial score (nSPS) is 10.3. The maximum atomic E-state index is 10.8. The standard InChI is InChI=1S/C17H21N3O2/c1-3-10-18-15-6-4-14(5-7-15)12-19-16-8-9-17(20(21)22)13(2)11-16/h4-9,11,18-19H,3,10,12H2,1-2H3. The van der Waals surface area contributed by atoms with Crippen LogP contribution in [-0.2, 0) is 6.54 Å². The molecule has 2 N–H and O–H groups in total. The Morgan fingerprint density at radius 1 is 1.05 bits per heavy atom. The molecule has 22 heavy (non-hydrogen) atoms. The number of nitrogens with zero attached hydrogens (tertiary/aromatic N) is 1. The summed E-state index contributed by atoms with van der Waals surface area (Å²) in [5.41, 5.74) is 3.98. The Balaban J connectivity index is 1.95. The zero-order chi connectivity index (χ0) is 15.9. The van der Waals surface area contributed by atoms with Gasteiger partial charge < -0.3 is 10.6 Å². The van der Waals surface area contributed by atoms with E-state index in [2.05, 4.69) is 41.8 Å². The number of nitro benzene ring substituents is 1. The summed E-state index contributed by atoms with van der Waals surface area (Å²) in [6.45, 7) is 5.54. The molecule has 0 spiro atoms. The number of aryl methyl sites for hydroxylation is 1. The Labute approximate surface area is 130 Å². The minimum absolute atomic E-state index is 0.150. The predicted molar refractivity (Wildman–Crippen MR) is 90.4 cm³/mol. The molecule has 0 aliphatic heterocycles. The first kappa shape index (κ1) is 15.8. The third-order valence-electron chi connectivity index (χ3n) is 3.42. The molecule has 116 valence electrons. The fourth-order valence-electron chi connectivity index (χ4n) is 2.18. The minimum Gasteiger partial charge on any atom is -0.385 e. The third kappa shape index (κ3) is 4.22. The molecule has 0 amide bonds. The van der Waals surface area contributed by atoms with Crippen LogP contribution in [0.4, 0.5) is 17.1 Å². The van der Waals surface area contributed by atoms with Crippen molar-refractivity contribution < 1.29 is 4.92 Å². The van der Waals surface area contributed by atoms with Crippen LogP contribution in [0.3, 0.4) is 0 Å². The van der Waals surface area contributed by atoms with Gasteiger partial charge in [-0.1, -0.05) is 19.1 Å². The Bertz CT molecular complexity index is 639. The molecular formula is C17H21N3O2. The average molecular weight is 299 g/mol. The second-order valence-corrected chi connectivity index (χ2v) is 5.24. The molecule has 0 saturated heterocycles. The zero-order valence-corrected chi connectivity index (χ0v) is 12.9. The van der Waals surface area contributed by atoms with E-state index in [1.807, 2.05) is 0 Å². The summed E-state index contributed by atoms with van der Waals surface area (Å²) in [6, 6.07) is 13.3. The Morgan fingerprint density at radius 3 is 2.32 bits per heavy atom. The van der Waals surface area contributed by atoms with Gasteiger partial charge in [0.25, 0.3) is 5.69 Å². The van der Waals surface area contributed by atoms with Gasteiger partial charge in [0.05, 0.1) is 4.92 Å². The maximum Gasteiger partial charge on any atom is 0.272 e. The number of hydrogen-bond acceptors (Lipinski definition) is 4. The first-order chi connectivity index (χ1) is 10.6. The summed E-state index contributed by atoms with van der Waals surface area (Å²) in [7, 11) is 0. The molecule has 5 nitrogen and oxygen atoms in total. The molecular weight excluding hydrogens is 278 g/mol. The lowest BCUT2D eigenvalue weighted by Crippen LogP contribution is -2.02. The lowest BCUT2D eigenvalue weighted by Gasteiger charge is -2.09. The molecule has 0 fully saturated rings. The number of rotatable bonds is 7. The molecule has 0 radical (unpaired) electrons. The smallest absolute Gasteiger partial charge is 0.272 e. The number of anilines is 2. The van der Waals surface area contributed by atoms with Crippen LogP contribution >= 0.6 is 0 Å². The van der Waals surface area contributed by atoms with Gasteiger partial charge >= 0.3 is 0 Å². The molecule has 0 aliphatic rings. The van der Waals surface area contributed by atoms with Crippen LogP contribution in [0, 0.1) is 17.0 Å². The fraction of sp³-hybridized carbons (Fsp3) is 0.294. The van der Waals surface area contributed by atoms with Crippen molar-refractivity contribution in [3.8, 4) is 0 Å². The molecule has 0 saturated carbocycles. The molecule has 0 heterocycles. The van der Waals surface area contributed by atoms with Crippen LogP contribution in [0.2, 0.25) is 0 Å². The highest BCUT2D eigenvalue weighted by atomic mass is 16.6. The van der Waals surface area contributed by atoms with Crippen molar-refractivity contribution in [2.45, 2.75) is 26.8 Å². The molecule has 0 aromatic heterocycles. The lowest BCUT2D eigenvalue weighted by atomic mass is 10.1.